The van der Waals surface area contributed by atoms with Crippen molar-refractivity contribution in [2.45, 2.75) is 24.3 Å². The molecule has 0 saturated carbocycles. The van der Waals surface area contributed by atoms with Gasteiger partial charge in [-0.05, 0) is 41.9 Å². The SMILES string of the molecule is CC(C)(NS(=O)(=O)c1cc(N)c(F)cc1Br)C(N)=O. The van der Waals surface area contributed by atoms with Gasteiger partial charge < -0.3 is 11.5 Å². The van der Waals surface area contributed by atoms with Gasteiger partial charge in [0.1, 0.15) is 11.4 Å². The number of halogens is 2. The summed E-state index contributed by atoms with van der Waals surface area (Å²) in [5.41, 5.74) is 8.61. The van der Waals surface area contributed by atoms with Crippen LogP contribution in [0.1, 0.15) is 13.8 Å². The zero-order valence-electron chi connectivity index (χ0n) is 10.2. The van der Waals surface area contributed by atoms with Gasteiger partial charge in [0.25, 0.3) is 0 Å². The molecule has 5 N–H and O–H groups in total. The van der Waals surface area contributed by atoms with E-state index in [4.69, 9.17) is 11.5 Å². The number of primary amides is 1. The molecule has 0 aromatic heterocycles. The van der Waals surface area contributed by atoms with Crippen molar-refractivity contribution in [2.24, 2.45) is 5.73 Å². The first kappa shape index (κ1) is 15.9. The second-order valence-corrected chi connectivity index (χ2v) is 6.90. The van der Waals surface area contributed by atoms with Crippen LogP contribution in [0.5, 0.6) is 0 Å². The Labute approximate surface area is 118 Å². The summed E-state index contributed by atoms with van der Waals surface area (Å²) in [6.45, 7) is 2.63. The predicted octanol–water partition coefficient (Wildman–Crippen LogP) is 0.713. The van der Waals surface area contributed by atoms with Gasteiger partial charge in [-0.25, -0.2) is 12.8 Å². The molecule has 0 bridgehead atoms. The molecular formula is C10H13BrFN3O3S. The van der Waals surface area contributed by atoms with E-state index in [9.17, 15) is 17.6 Å². The number of carbonyl (C=O) groups is 1. The number of rotatable bonds is 4. The lowest BCUT2D eigenvalue weighted by molar-refractivity contribution is -0.122. The van der Waals surface area contributed by atoms with Crippen LogP contribution in [0.4, 0.5) is 10.1 Å². The zero-order valence-corrected chi connectivity index (χ0v) is 12.6. The van der Waals surface area contributed by atoms with Gasteiger partial charge in [0.2, 0.25) is 15.9 Å². The maximum Gasteiger partial charge on any atom is 0.242 e. The van der Waals surface area contributed by atoms with Crippen LogP contribution in [0.25, 0.3) is 0 Å². The van der Waals surface area contributed by atoms with Gasteiger partial charge >= 0.3 is 0 Å². The Morgan fingerprint density at radius 3 is 2.42 bits per heavy atom. The fraction of sp³-hybridized carbons (Fsp3) is 0.300. The molecule has 1 aromatic carbocycles. The molecule has 0 unspecified atom stereocenters. The molecule has 0 atom stereocenters. The van der Waals surface area contributed by atoms with Crippen LogP contribution in [-0.2, 0) is 14.8 Å². The maximum absolute atomic E-state index is 13.2. The fourth-order valence-corrected chi connectivity index (χ4v) is 3.63. The van der Waals surface area contributed by atoms with Crippen LogP contribution >= 0.6 is 15.9 Å². The van der Waals surface area contributed by atoms with Gasteiger partial charge in [0.05, 0.1) is 10.6 Å². The largest absolute Gasteiger partial charge is 0.396 e. The summed E-state index contributed by atoms with van der Waals surface area (Å²) in [6, 6.07) is 1.89. The van der Waals surface area contributed by atoms with E-state index in [2.05, 4.69) is 20.7 Å². The first-order valence-corrected chi connectivity index (χ1v) is 7.33. The van der Waals surface area contributed by atoms with Crippen LogP contribution in [0.3, 0.4) is 0 Å². The van der Waals surface area contributed by atoms with Gasteiger partial charge in [-0.3, -0.25) is 4.79 Å². The van der Waals surface area contributed by atoms with Crippen molar-refractivity contribution >= 4 is 37.5 Å². The van der Waals surface area contributed by atoms with Crippen LogP contribution in [0, 0.1) is 5.82 Å². The average Bonchev–Trinajstić information content (AvgIpc) is 2.21. The number of benzene rings is 1. The number of nitrogens with two attached hydrogens (primary N) is 2. The first-order valence-electron chi connectivity index (χ1n) is 5.06. The van der Waals surface area contributed by atoms with Crippen molar-refractivity contribution in [3.8, 4) is 0 Å². The standard InChI is InChI=1S/C10H13BrFN3O3S/c1-10(2,9(14)16)15-19(17,18)8-4-7(13)6(12)3-5(8)11/h3-4,15H,13H2,1-2H3,(H2,14,16). The summed E-state index contributed by atoms with van der Waals surface area (Å²) in [7, 11) is -4.08. The van der Waals surface area contributed by atoms with Gasteiger partial charge in [-0.1, -0.05) is 0 Å². The molecule has 0 fully saturated rings. The number of carbonyl (C=O) groups excluding carboxylic acids is 1. The molecule has 19 heavy (non-hydrogen) atoms. The Balaban J connectivity index is 3.30. The minimum Gasteiger partial charge on any atom is -0.396 e. The average molecular weight is 354 g/mol. The lowest BCUT2D eigenvalue weighted by Crippen LogP contribution is -2.52. The topological polar surface area (TPSA) is 115 Å². The summed E-state index contributed by atoms with van der Waals surface area (Å²) in [5.74, 6) is -1.60. The Morgan fingerprint density at radius 2 is 1.95 bits per heavy atom. The number of nitrogens with one attached hydrogen (secondary N) is 1. The number of sulfonamides is 1. The minimum atomic E-state index is -4.08. The Hall–Kier alpha value is -1.19. The second-order valence-electron chi connectivity index (χ2n) is 4.40. The smallest absolute Gasteiger partial charge is 0.242 e. The Bertz CT molecular complexity index is 631. The Morgan fingerprint density at radius 1 is 1.42 bits per heavy atom. The molecule has 1 aromatic rings. The molecule has 0 saturated heterocycles. The number of nitrogen functional groups attached to an aromatic ring is 1. The fourth-order valence-electron chi connectivity index (χ4n) is 1.19. The minimum absolute atomic E-state index is 0.00743. The lowest BCUT2D eigenvalue weighted by Gasteiger charge is -2.22. The quantitative estimate of drug-likeness (QED) is 0.691. The van der Waals surface area contributed by atoms with E-state index in [0.29, 0.717) is 0 Å². The van der Waals surface area contributed by atoms with Crippen LogP contribution in [-0.4, -0.2) is 19.9 Å². The molecule has 0 heterocycles. The highest BCUT2D eigenvalue weighted by Crippen LogP contribution is 2.27. The highest BCUT2D eigenvalue weighted by molar-refractivity contribution is 9.10. The van der Waals surface area contributed by atoms with E-state index in [0.717, 1.165) is 12.1 Å². The van der Waals surface area contributed by atoms with Crippen molar-refractivity contribution in [1.29, 1.82) is 0 Å². The highest BCUT2D eigenvalue weighted by Gasteiger charge is 2.32. The van der Waals surface area contributed by atoms with Crippen molar-refractivity contribution in [1.82, 2.24) is 4.72 Å². The summed E-state index contributed by atoms with van der Waals surface area (Å²) in [4.78, 5) is 10.9. The molecule has 0 aliphatic heterocycles. The normalized spacial score (nSPS) is 12.4. The van der Waals surface area contributed by atoms with Crippen molar-refractivity contribution in [3.05, 3.63) is 22.4 Å². The lowest BCUT2D eigenvalue weighted by atomic mass is 10.1. The van der Waals surface area contributed by atoms with Crippen LogP contribution < -0.4 is 16.2 Å². The third kappa shape index (κ3) is 3.43. The number of amides is 1. The molecule has 0 radical (unpaired) electrons. The van der Waals surface area contributed by atoms with Gasteiger partial charge in [0, 0.05) is 4.47 Å². The van der Waals surface area contributed by atoms with E-state index in [1.165, 1.54) is 13.8 Å². The first-order chi connectivity index (χ1) is 8.47. The van der Waals surface area contributed by atoms with E-state index in [1.807, 2.05) is 0 Å². The molecule has 1 rings (SSSR count). The Kier molecular flexibility index (Phi) is 4.23. The highest BCUT2D eigenvalue weighted by atomic mass is 79.9. The predicted molar refractivity (Wildman–Crippen MR) is 72.1 cm³/mol. The number of anilines is 1. The monoisotopic (exact) mass is 353 g/mol. The van der Waals surface area contributed by atoms with Gasteiger partial charge in [0.15, 0.2) is 0 Å². The second kappa shape index (κ2) is 5.06. The molecular weight excluding hydrogens is 341 g/mol. The van der Waals surface area contributed by atoms with Gasteiger partial charge in [-0.15, -0.1) is 0 Å². The molecule has 0 aliphatic carbocycles. The molecule has 9 heteroatoms. The third-order valence-electron chi connectivity index (χ3n) is 2.35. The van der Waals surface area contributed by atoms with Crippen molar-refractivity contribution in [2.75, 3.05) is 5.73 Å². The summed E-state index contributed by atoms with van der Waals surface area (Å²) in [6.07, 6.45) is 0. The summed E-state index contributed by atoms with van der Waals surface area (Å²) >= 11 is 2.93. The van der Waals surface area contributed by atoms with E-state index >= 15 is 0 Å². The molecule has 6 nitrogen and oxygen atoms in total. The molecule has 0 aliphatic rings. The van der Waals surface area contributed by atoms with E-state index in [1.54, 1.807) is 0 Å². The third-order valence-corrected chi connectivity index (χ3v) is 4.96. The molecule has 0 spiro atoms. The van der Waals surface area contributed by atoms with Crippen molar-refractivity contribution in [3.63, 3.8) is 0 Å². The van der Waals surface area contributed by atoms with E-state index in [-0.39, 0.29) is 15.1 Å². The van der Waals surface area contributed by atoms with Gasteiger partial charge in [-0.2, -0.15) is 4.72 Å². The van der Waals surface area contributed by atoms with Crippen molar-refractivity contribution < 1.29 is 17.6 Å². The maximum atomic E-state index is 13.2. The zero-order chi connectivity index (χ0) is 15.0. The summed E-state index contributed by atoms with van der Waals surface area (Å²) in [5, 5.41) is 0. The van der Waals surface area contributed by atoms with E-state index < -0.39 is 27.3 Å². The van der Waals surface area contributed by atoms with Crippen LogP contribution in [0.15, 0.2) is 21.5 Å². The summed E-state index contributed by atoms with van der Waals surface area (Å²) < 4.78 is 39.5. The number of hydrogen-bond donors (Lipinski definition) is 3. The number of hydrogen-bond acceptors (Lipinski definition) is 4. The molecule has 1 amide bonds. The molecule has 106 valence electrons. The van der Waals surface area contributed by atoms with Crippen LogP contribution in [0.2, 0.25) is 0 Å².